The Bertz CT molecular complexity index is 342. The number of hydrogen-bond acceptors (Lipinski definition) is 2. The van der Waals surface area contributed by atoms with Gasteiger partial charge in [-0.1, -0.05) is 12.1 Å². The molecule has 12 heavy (non-hydrogen) atoms. The van der Waals surface area contributed by atoms with Crippen LogP contribution in [0, 0.1) is 0 Å². The van der Waals surface area contributed by atoms with Crippen molar-refractivity contribution in [2.75, 3.05) is 5.73 Å². The molecule has 1 aromatic carbocycles. The maximum Gasteiger partial charge on any atom is 0.0930 e. The summed E-state index contributed by atoms with van der Waals surface area (Å²) in [5.41, 5.74) is 8.92. The molecule has 0 spiro atoms. The van der Waals surface area contributed by atoms with Crippen LogP contribution < -0.4 is 5.73 Å². The van der Waals surface area contributed by atoms with Gasteiger partial charge >= 0.3 is 0 Å². The lowest BCUT2D eigenvalue weighted by molar-refractivity contribution is 0.393. The normalized spacial score (nSPS) is 15.2. The summed E-state index contributed by atoms with van der Waals surface area (Å²) in [7, 11) is 0. The highest BCUT2D eigenvalue weighted by Gasteiger charge is 2.11. The fraction of sp³-hybridized carbons (Fsp3) is 0.200. The Morgan fingerprint density at radius 3 is 3.00 bits per heavy atom. The molecule has 2 nitrogen and oxygen atoms in total. The van der Waals surface area contributed by atoms with Gasteiger partial charge in [0.05, 0.1) is 5.76 Å². The van der Waals surface area contributed by atoms with Crippen LogP contribution in [-0.2, 0) is 12.8 Å². The van der Waals surface area contributed by atoms with Crippen molar-refractivity contribution in [3.8, 4) is 0 Å². The molecule has 0 fully saturated rings. The lowest BCUT2D eigenvalue weighted by Gasteiger charge is -2.14. The van der Waals surface area contributed by atoms with Gasteiger partial charge in [-0.05, 0) is 29.7 Å². The van der Waals surface area contributed by atoms with E-state index in [1.54, 1.807) is 0 Å². The lowest BCUT2D eigenvalue weighted by Crippen LogP contribution is -2.05. The second-order valence-electron chi connectivity index (χ2n) is 3.06. The summed E-state index contributed by atoms with van der Waals surface area (Å²) in [5, 5.41) is 9.27. The number of aliphatic hydroxyl groups excluding tert-OH is 1. The number of rotatable bonds is 0. The molecule has 1 aliphatic rings. The molecule has 3 N–H and O–H groups in total. The van der Waals surface area contributed by atoms with Gasteiger partial charge in [-0.25, -0.2) is 0 Å². The van der Waals surface area contributed by atoms with Crippen LogP contribution in [0.1, 0.15) is 11.1 Å². The van der Waals surface area contributed by atoms with Crippen LogP contribution in [0.4, 0.5) is 5.69 Å². The molecule has 0 saturated heterocycles. The van der Waals surface area contributed by atoms with Gasteiger partial charge in [-0.3, -0.25) is 0 Å². The lowest BCUT2D eigenvalue weighted by atomic mass is 9.94. The Balaban J connectivity index is 2.49. The fourth-order valence-electron chi connectivity index (χ4n) is 1.56. The third-order valence-electron chi connectivity index (χ3n) is 2.22. The molecular weight excluding hydrogens is 150 g/mol. The van der Waals surface area contributed by atoms with Gasteiger partial charge in [0, 0.05) is 12.1 Å². The van der Waals surface area contributed by atoms with Crippen molar-refractivity contribution >= 4 is 5.69 Å². The zero-order valence-corrected chi connectivity index (χ0v) is 6.75. The topological polar surface area (TPSA) is 46.2 Å². The van der Waals surface area contributed by atoms with E-state index in [4.69, 9.17) is 5.73 Å². The molecule has 2 heteroatoms. The zero-order valence-electron chi connectivity index (χ0n) is 6.75. The number of benzene rings is 1. The Kier molecular flexibility index (Phi) is 1.54. The highest BCUT2D eigenvalue weighted by atomic mass is 16.3. The smallest absolute Gasteiger partial charge is 0.0930 e. The SMILES string of the molecule is Nc1cccc2c1CC=C(O)C2. The molecule has 0 bridgehead atoms. The maximum absolute atomic E-state index is 9.27. The average molecular weight is 161 g/mol. The van der Waals surface area contributed by atoms with E-state index in [1.807, 2.05) is 24.3 Å². The van der Waals surface area contributed by atoms with Crippen molar-refractivity contribution in [1.29, 1.82) is 0 Å². The number of fused-ring (bicyclic) bond motifs is 1. The van der Waals surface area contributed by atoms with E-state index < -0.39 is 0 Å². The van der Waals surface area contributed by atoms with E-state index in [-0.39, 0.29) is 0 Å². The third-order valence-corrected chi connectivity index (χ3v) is 2.22. The molecule has 62 valence electrons. The van der Waals surface area contributed by atoms with Crippen molar-refractivity contribution in [3.05, 3.63) is 41.2 Å². The first kappa shape index (κ1) is 7.22. The highest BCUT2D eigenvalue weighted by Crippen LogP contribution is 2.24. The van der Waals surface area contributed by atoms with Crippen LogP contribution in [0.15, 0.2) is 30.0 Å². The number of anilines is 1. The summed E-state index contributed by atoms with van der Waals surface area (Å²) in [6, 6.07) is 5.83. The monoisotopic (exact) mass is 161 g/mol. The molecule has 0 radical (unpaired) electrons. The predicted octanol–water partition coefficient (Wildman–Crippen LogP) is 1.81. The van der Waals surface area contributed by atoms with Gasteiger partial charge in [0.1, 0.15) is 0 Å². The van der Waals surface area contributed by atoms with Gasteiger partial charge in [0.25, 0.3) is 0 Å². The Morgan fingerprint density at radius 2 is 2.17 bits per heavy atom. The van der Waals surface area contributed by atoms with Crippen LogP contribution in [0.3, 0.4) is 0 Å². The molecule has 0 saturated carbocycles. The maximum atomic E-state index is 9.27. The molecular formula is C10H11NO. The summed E-state index contributed by atoms with van der Waals surface area (Å²) in [6.45, 7) is 0. The average Bonchev–Trinajstić information content (AvgIpc) is 2.04. The van der Waals surface area contributed by atoms with E-state index in [0.717, 1.165) is 23.2 Å². The van der Waals surface area contributed by atoms with Crippen LogP contribution in [0.5, 0.6) is 0 Å². The summed E-state index contributed by atoms with van der Waals surface area (Å²) < 4.78 is 0. The molecule has 1 aromatic rings. The molecule has 0 heterocycles. The van der Waals surface area contributed by atoms with Crippen molar-refractivity contribution in [2.45, 2.75) is 12.8 Å². The number of aliphatic hydroxyl groups is 1. The molecule has 1 aliphatic carbocycles. The molecule has 2 rings (SSSR count). The van der Waals surface area contributed by atoms with Crippen LogP contribution in [-0.4, -0.2) is 5.11 Å². The minimum atomic E-state index is 0.452. The Hall–Kier alpha value is -1.44. The van der Waals surface area contributed by atoms with Crippen molar-refractivity contribution < 1.29 is 5.11 Å². The second kappa shape index (κ2) is 2.55. The fourth-order valence-corrected chi connectivity index (χ4v) is 1.56. The van der Waals surface area contributed by atoms with E-state index >= 15 is 0 Å². The third kappa shape index (κ3) is 1.05. The van der Waals surface area contributed by atoms with Crippen molar-refractivity contribution in [2.24, 2.45) is 0 Å². The Morgan fingerprint density at radius 1 is 1.33 bits per heavy atom. The summed E-state index contributed by atoms with van der Waals surface area (Å²) >= 11 is 0. The van der Waals surface area contributed by atoms with Crippen LogP contribution in [0.2, 0.25) is 0 Å². The number of nitrogen functional groups attached to an aromatic ring is 1. The van der Waals surface area contributed by atoms with E-state index in [2.05, 4.69) is 0 Å². The molecule has 0 atom stereocenters. The number of allylic oxidation sites excluding steroid dienone is 2. The van der Waals surface area contributed by atoms with Crippen LogP contribution >= 0.6 is 0 Å². The Labute approximate surface area is 71.3 Å². The standard InChI is InChI=1S/C10H11NO/c11-10-3-1-2-7-6-8(12)4-5-9(7)10/h1-4,12H,5-6,11H2. The molecule has 0 unspecified atom stereocenters. The van der Waals surface area contributed by atoms with Gasteiger partial charge in [0.2, 0.25) is 0 Å². The van der Waals surface area contributed by atoms with Gasteiger partial charge in [-0.2, -0.15) is 0 Å². The molecule has 0 amide bonds. The molecule has 0 aromatic heterocycles. The number of hydrogen-bond donors (Lipinski definition) is 2. The van der Waals surface area contributed by atoms with Gasteiger partial charge < -0.3 is 10.8 Å². The van der Waals surface area contributed by atoms with Crippen molar-refractivity contribution in [3.63, 3.8) is 0 Å². The predicted molar refractivity (Wildman–Crippen MR) is 49.0 cm³/mol. The van der Waals surface area contributed by atoms with Crippen molar-refractivity contribution in [1.82, 2.24) is 0 Å². The molecule has 0 aliphatic heterocycles. The highest BCUT2D eigenvalue weighted by molar-refractivity contribution is 5.53. The summed E-state index contributed by atoms with van der Waals surface area (Å²) in [4.78, 5) is 0. The van der Waals surface area contributed by atoms with Crippen LogP contribution in [0.25, 0.3) is 0 Å². The largest absolute Gasteiger partial charge is 0.512 e. The first-order valence-electron chi connectivity index (χ1n) is 4.01. The minimum absolute atomic E-state index is 0.452. The van der Waals surface area contributed by atoms with Gasteiger partial charge in [0.15, 0.2) is 0 Å². The van der Waals surface area contributed by atoms with Gasteiger partial charge in [-0.15, -0.1) is 0 Å². The quantitative estimate of drug-likeness (QED) is 0.570. The van der Waals surface area contributed by atoms with E-state index in [1.165, 1.54) is 0 Å². The second-order valence-corrected chi connectivity index (χ2v) is 3.06. The first-order valence-corrected chi connectivity index (χ1v) is 4.01. The van der Waals surface area contributed by atoms with E-state index in [0.29, 0.717) is 12.2 Å². The van der Waals surface area contributed by atoms with E-state index in [9.17, 15) is 5.11 Å². The number of nitrogens with two attached hydrogens (primary N) is 1. The first-order chi connectivity index (χ1) is 5.77. The summed E-state index contributed by atoms with van der Waals surface area (Å²) in [5.74, 6) is 0.452. The zero-order chi connectivity index (χ0) is 8.55. The summed E-state index contributed by atoms with van der Waals surface area (Å²) in [6.07, 6.45) is 3.20. The minimum Gasteiger partial charge on any atom is -0.512 e.